The standard InChI is InChI=1S/C23H30O3Si/c1-5-18-16-21(24)22(26-18)17-25-27(23(2,3)4,19-12-8-6-9-13-19)20-14-10-7-11-15-20/h5-15,18,21-22,24H,1,16-17H2,2-4H3/t18-,21-,22+/m1/s1. The van der Waals surface area contributed by atoms with Crippen LogP contribution in [0.25, 0.3) is 0 Å². The summed E-state index contributed by atoms with van der Waals surface area (Å²) >= 11 is 0. The number of hydrogen-bond donors (Lipinski definition) is 1. The van der Waals surface area contributed by atoms with Gasteiger partial charge in [0.15, 0.2) is 0 Å². The van der Waals surface area contributed by atoms with Gasteiger partial charge in [0, 0.05) is 6.42 Å². The molecule has 3 atom stereocenters. The SMILES string of the molecule is C=C[C@@H]1C[C@@H](O)[C@H](CO[Si](c2ccccc2)(c2ccccc2)C(C)(C)C)O1. The molecule has 1 heterocycles. The molecular formula is C23H30O3Si. The Kier molecular flexibility index (Phi) is 6.01. The molecule has 0 spiro atoms. The average Bonchev–Trinajstić information content (AvgIpc) is 3.03. The van der Waals surface area contributed by atoms with Gasteiger partial charge in [-0.2, -0.15) is 0 Å². The topological polar surface area (TPSA) is 38.7 Å². The summed E-state index contributed by atoms with van der Waals surface area (Å²) < 4.78 is 12.8. The molecular weight excluding hydrogens is 352 g/mol. The van der Waals surface area contributed by atoms with Crippen LogP contribution < -0.4 is 10.4 Å². The van der Waals surface area contributed by atoms with E-state index in [-0.39, 0.29) is 17.2 Å². The maximum atomic E-state index is 10.4. The fourth-order valence-corrected chi connectivity index (χ4v) is 8.60. The zero-order chi connectivity index (χ0) is 19.5. The summed E-state index contributed by atoms with van der Waals surface area (Å²) in [5.74, 6) is 0. The van der Waals surface area contributed by atoms with Crippen molar-refractivity contribution in [3.8, 4) is 0 Å². The van der Waals surface area contributed by atoms with Gasteiger partial charge in [0.05, 0.1) is 18.8 Å². The van der Waals surface area contributed by atoms with E-state index < -0.39 is 14.4 Å². The van der Waals surface area contributed by atoms with Crippen LogP contribution >= 0.6 is 0 Å². The van der Waals surface area contributed by atoms with Gasteiger partial charge in [-0.1, -0.05) is 87.5 Å². The van der Waals surface area contributed by atoms with E-state index in [2.05, 4.69) is 75.9 Å². The molecule has 1 aliphatic rings. The Morgan fingerprint density at radius 3 is 2.00 bits per heavy atom. The van der Waals surface area contributed by atoms with Crippen molar-refractivity contribution in [1.29, 1.82) is 0 Å². The largest absolute Gasteiger partial charge is 0.405 e. The number of hydrogen-bond acceptors (Lipinski definition) is 3. The van der Waals surface area contributed by atoms with Crippen molar-refractivity contribution in [2.45, 2.75) is 50.5 Å². The first-order valence-corrected chi connectivity index (χ1v) is 11.5. The van der Waals surface area contributed by atoms with Crippen molar-refractivity contribution in [2.75, 3.05) is 6.61 Å². The molecule has 2 aromatic carbocycles. The summed E-state index contributed by atoms with van der Waals surface area (Å²) in [4.78, 5) is 0. The zero-order valence-corrected chi connectivity index (χ0v) is 17.5. The van der Waals surface area contributed by atoms with Crippen molar-refractivity contribution >= 4 is 18.7 Å². The molecule has 0 saturated carbocycles. The molecule has 0 aromatic heterocycles. The second-order valence-electron chi connectivity index (χ2n) is 8.23. The quantitative estimate of drug-likeness (QED) is 0.616. The third kappa shape index (κ3) is 3.94. The Labute approximate surface area is 163 Å². The molecule has 1 saturated heterocycles. The van der Waals surface area contributed by atoms with Gasteiger partial charge in [-0.05, 0) is 15.4 Å². The first kappa shape index (κ1) is 20.0. The highest BCUT2D eigenvalue weighted by atomic mass is 28.4. The van der Waals surface area contributed by atoms with Crippen molar-refractivity contribution in [3.05, 3.63) is 73.3 Å². The smallest absolute Gasteiger partial charge is 0.261 e. The monoisotopic (exact) mass is 382 g/mol. The van der Waals surface area contributed by atoms with Crippen LogP contribution in [0.5, 0.6) is 0 Å². The molecule has 0 bridgehead atoms. The van der Waals surface area contributed by atoms with Crippen LogP contribution in [0, 0.1) is 0 Å². The summed E-state index contributed by atoms with van der Waals surface area (Å²) in [5.41, 5.74) is 0. The third-order valence-corrected chi connectivity index (χ3v) is 10.4. The van der Waals surface area contributed by atoms with Crippen LogP contribution in [-0.2, 0) is 9.16 Å². The van der Waals surface area contributed by atoms with Crippen molar-refractivity contribution in [3.63, 3.8) is 0 Å². The molecule has 144 valence electrons. The summed E-state index contributed by atoms with van der Waals surface area (Å²) in [6.07, 6.45) is 1.39. The molecule has 1 fully saturated rings. The van der Waals surface area contributed by atoms with E-state index >= 15 is 0 Å². The highest BCUT2D eigenvalue weighted by Gasteiger charge is 2.51. The van der Waals surface area contributed by atoms with Crippen LogP contribution in [0.4, 0.5) is 0 Å². The molecule has 2 aromatic rings. The summed E-state index contributed by atoms with van der Waals surface area (Å²) in [6, 6.07) is 21.0. The van der Waals surface area contributed by atoms with Crippen molar-refractivity contribution in [2.24, 2.45) is 0 Å². The lowest BCUT2D eigenvalue weighted by atomic mass is 10.1. The molecule has 27 heavy (non-hydrogen) atoms. The molecule has 3 rings (SSSR count). The Morgan fingerprint density at radius 2 is 1.59 bits per heavy atom. The number of ether oxygens (including phenoxy) is 1. The second kappa shape index (κ2) is 8.11. The zero-order valence-electron chi connectivity index (χ0n) is 16.5. The van der Waals surface area contributed by atoms with Gasteiger partial charge in [0.2, 0.25) is 0 Å². The Hall–Kier alpha value is -1.72. The highest BCUT2D eigenvalue weighted by molar-refractivity contribution is 6.99. The van der Waals surface area contributed by atoms with E-state index in [1.807, 2.05) is 12.1 Å². The van der Waals surface area contributed by atoms with E-state index in [4.69, 9.17) is 9.16 Å². The maximum Gasteiger partial charge on any atom is 0.261 e. The van der Waals surface area contributed by atoms with Gasteiger partial charge >= 0.3 is 0 Å². The molecule has 1 aliphatic heterocycles. The van der Waals surface area contributed by atoms with Crippen LogP contribution in [0.1, 0.15) is 27.2 Å². The average molecular weight is 383 g/mol. The molecule has 0 radical (unpaired) electrons. The lowest BCUT2D eigenvalue weighted by molar-refractivity contribution is -0.00644. The normalized spacial score (nSPS) is 23.3. The van der Waals surface area contributed by atoms with E-state index in [9.17, 15) is 5.11 Å². The Balaban J connectivity index is 2.01. The van der Waals surface area contributed by atoms with Gasteiger partial charge < -0.3 is 14.3 Å². The van der Waals surface area contributed by atoms with Crippen molar-refractivity contribution < 1.29 is 14.3 Å². The van der Waals surface area contributed by atoms with Gasteiger partial charge in [-0.3, -0.25) is 0 Å². The lowest BCUT2D eigenvalue weighted by Crippen LogP contribution is -2.67. The Bertz CT molecular complexity index is 700. The van der Waals surface area contributed by atoms with Crippen LogP contribution in [0.2, 0.25) is 5.04 Å². The predicted octanol–water partition coefficient (Wildman–Crippen LogP) is 3.27. The third-order valence-electron chi connectivity index (χ3n) is 5.40. The van der Waals surface area contributed by atoms with Crippen LogP contribution in [0.15, 0.2) is 73.3 Å². The van der Waals surface area contributed by atoms with Crippen LogP contribution in [-0.4, -0.2) is 38.3 Å². The van der Waals surface area contributed by atoms with Gasteiger partial charge in [0.25, 0.3) is 8.32 Å². The van der Waals surface area contributed by atoms with Gasteiger partial charge in [-0.15, -0.1) is 6.58 Å². The summed E-state index contributed by atoms with van der Waals surface area (Å²) in [7, 11) is -2.60. The number of rotatable bonds is 6. The van der Waals surface area contributed by atoms with Gasteiger partial charge in [0.1, 0.15) is 6.10 Å². The van der Waals surface area contributed by atoms with E-state index in [0.29, 0.717) is 13.0 Å². The molecule has 4 heteroatoms. The number of aliphatic hydroxyl groups excluding tert-OH is 1. The lowest BCUT2D eigenvalue weighted by Gasteiger charge is -2.43. The maximum absolute atomic E-state index is 10.4. The molecule has 1 N–H and O–H groups in total. The van der Waals surface area contributed by atoms with E-state index in [0.717, 1.165) is 0 Å². The highest BCUT2D eigenvalue weighted by Crippen LogP contribution is 2.37. The molecule has 0 unspecified atom stereocenters. The minimum absolute atomic E-state index is 0.0862. The second-order valence-corrected chi connectivity index (χ2v) is 12.5. The van der Waals surface area contributed by atoms with E-state index in [1.165, 1.54) is 10.4 Å². The molecule has 0 amide bonds. The minimum atomic E-state index is -2.60. The Morgan fingerprint density at radius 1 is 1.07 bits per heavy atom. The molecule has 3 nitrogen and oxygen atoms in total. The predicted molar refractivity (Wildman–Crippen MR) is 113 cm³/mol. The van der Waals surface area contributed by atoms with Crippen LogP contribution in [0.3, 0.4) is 0 Å². The van der Waals surface area contributed by atoms with Gasteiger partial charge in [-0.25, -0.2) is 0 Å². The summed E-state index contributed by atoms with van der Waals surface area (Å²) in [6.45, 7) is 10.9. The number of aliphatic hydroxyl groups is 1. The summed E-state index contributed by atoms with van der Waals surface area (Å²) in [5, 5.41) is 12.8. The fourth-order valence-electron chi connectivity index (χ4n) is 4.03. The van der Waals surface area contributed by atoms with E-state index in [1.54, 1.807) is 6.08 Å². The molecule has 0 aliphatic carbocycles. The first-order valence-electron chi connectivity index (χ1n) is 9.59. The van der Waals surface area contributed by atoms with Crippen molar-refractivity contribution in [1.82, 2.24) is 0 Å². The first-order chi connectivity index (χ1) is 12.9. The fraction of sp³-hybridized carbons (Fsp3) is 0.391. The number of benzene rings is 2. The minimum Gasteiger partial charge on any atom is -0.405 e.